The second kappa shape index (κ2) is 8.04. The van der Waals surface area contributed by atoms with Crippen molar-refractivity contribution in [1.82, 2.24) is 5.32 Å². The van der Waals surface area contributed by atoms with Gasteiger partial charge in [0.1, 0.15) is 5.75 Å². The Labute approximate surface area is 131 Å². The summed E-state index contributed by atoms with van der Waals surface area (Å²) in [6.45, 7) is 6.13. The molecule has 1 aromatic carbocycles. The molecule has 0 amide bonds. The number of benzene rings is 1. The Kier molecular flexibility index (Phi) is 6.37. The van der Waals surface area contributed by atoms with Gasteiger partial charge in [0.15, 0.2) is 0 Å². The van der Waals surface area contributed by atoms with Gasteiger partial charge in [0, 0.05) is 22.6 Å². The van der Waals surface area contributed by atoms with Gasteiger partial charge >= 0.3 is 0 Å². The zero-order chi connectivity index (χ0) is 14.4. The molecule has 1 aromatic rings. The van der Waals surface area contributed by atoms with Crippen molar-refractivity contribution in [2.24, 2.45) is 5.92 Å². The van der Waals surface area contributed by atoms with Crippen molar-refractivity contribution in [1.29, 1.82) is 0 Å². The smallest absolute Gasteiger partial charge is 0.123 e. The van der Waals surface area contributed by atoms with E-state index in [0.29, 0.717) is 6.04 Å². The van der Waals surface area contributed by atoms with Gasteiger partial charge in [-0.1, -0.05) is 35.7 Å². The minimum absolute atomic E-state index is 0.593. The van der Waals surface area contributed by atoms with E-state index in [2.05, 4.69) is 53.3 Å². The summed E-state index contributed by atoms with van der Waals surface area (Å²) in [5.74, 6) is 1.86. The first kappa shape index (κ1) is 15.8. The molecule has 20 heavy (non-hydrogen) atoms. The normalized spacial score (nSPS) is 17.4. The van der Waals surface area contributed by atoms with Crippen LogP contribution in [0.4, 0.5) is 0 Å². The summed E-state index contributed by atoms with van der Waals surface area (Å²) in [5.41, 5.74) is 1.25. The fraction of sp³-hybridized carbons (Fsp3) is 0.647. The summed E-state index contributed by atoms with van der Waals surface area (Å²) in [4.78, 5) is 0. The van der Waals surface area contributed by atoms with E-state index >= 15 is 0 Å². The standard InChI is InChI=1S/C17H26BrNO/c1-3-10-20-17-9-8-16(18)11-15(17)12-19-13(2)14-6-4-5-7-14/h8-9,11,13-14,19H,3-7,10,12H2,1-2H3. The minimum Gasteiger partial charge on any atom is -0.493 e. The highest BCUT2D eigenvalue weighted by Gasteiger charge is 2.21. The van der Waals surface area contributed by atoms with Crippen molar-refractivity contribution >= 4 is 15.9 Å². The largest absolute Gasteiger partial charge is 0.493 e. The van der Waals surface area contributed by atoms with E-state index < -0.39 is 0 Å². The van der Waals surface area contributed by atoms with Gasteiger partial charge in [-0.15, -0.1) is 0 Å². The highest BCUT2D eigenvalue weighted by atomic mass is 79.9. The minimum atomic E-state index is 0.593. The summed E-state index contributed by atoms with van der Waals surface area (Å²) in [6.07, 6.45) is 6.61. The van der Waals surface area contributed by atoms with Crippen LogP contribution in [0.25, 0.3) is 0 Å². The van der Waals surface area contributed by atoms with Crippen LogP contribution in [0.3, 0.4) is 0 Å². The van der Waals surface area contributed by atoms with Crippen molar-refractivity contribution < 1.29 is 4.74 Å². The summed E-state index contributed by atoms with van der Waals surface area (Å²) in [7, 11) is 0. The summed E-state index contributed by atoms with van der Waals surface area (Å²) < 4.78 is 6.96. The number of rotatable bonds is 7. The van der Waals surface area contributed by atoms with Gasteiger partial charge in [-0.25, -0.2) is 0 Å². The van der Waals surface area contributed by atoms with Gasteiger partial charge in [-0.05, 0) is 50.3 Å². The average molecular weight is 340 g/mol. The maximum Gasteiger partial charge on any atom is 0.123 e. The van der Waals surface area contributed by atoms with E-state index in [1.807, 2.05) is 0 Å². The summed E-state index contributed by atoms with van der Waals surface area (Å²) in [6, 6.07) is 6.88. The second-order valence-electron chi connectivity index (χ2n) is 5.81. The van der Waals surface area contributed by atoms with Crippen LogP contribution < -0.4 is 10.1 Å². The molecule has 112 valence electrons. The molecule has 2 rings (SSSR count). The molecular formula is C17H26BrNO. The van der Waals surface area contributed by atoms with Crippen LogP contribution in [0, 0.1) is 5.92 Å². The van der Waals surface area contributed by atoms with Gasteiger partial charge in [0.05, 0.1) is 6.61 Å². The van der Waals surface area contributed by atoms with Crippen molar-refractivity contribution in [3.8, 4) is 5.75 Å². The van der Waals surface area contributed by atoms with E-state index in [1.165, 1.54) is 31.2 Å². The lowest BCUT2D eigenvalue weighted by atomic mass is 9.99. The van der Waals surface area contributed by atoms with Crippen molar-refractivity contribution in [2.75, 3.05) is 6.61 Å². The molecule has 1 aliphatic rings. The Morgan fingerprint density at radius 2 is 2.10 bits per heavy atom. The predicted octanol–water partition coefficient (Wildman–Crippen LogP) is 4.91. The number of ether oxygens (including phenoxy) is 1. The molecule has 1 unspecified atom stereocenters. The molecular weight excluding hydrogens is 314 g/mol. The molecule has 0 radical (unpaired) electrons. The number of hydrogen-bond acceptors (Lipinski definition) is 2. The molecule has 3 heteroatoms. The first-order chi connectivity index (χ1) is 9.70. The third-order valence-corrected chi connectivity index (χ3v) is 4.70. The van der Waals surface area contributed by atoms with Gasteiger partial charge in [-0.3, -0.25) is 0 Å². The maximum absolute atomic E-state index is 5.84. The molecule has 1 N–H and O–H groups in total. The van der Waals surface area contributed by atoms with Gasteiger partial charge in [-0.2, -0.15) is 0 Å². The van der Waals surface area contributed by atoms with Crippen molar-refractivity contribution in [3.05, 3.63) is 28.2 Å². The Morgan fingerprint density at radius 1 is 1.35 bits per heavy atom. The van der Waals surface area contributed by atoms with Crippen LogP contribution in [-0.2, 0) is 6.54 Å². The number of halogens is 1. The second-order valence-corrected chi connectivity index (χ2v) is 6.73. The monoisotopic (exact) mass is 339 g/mol. The van der Waals surface area contributed by atoms with Crippen molar-refractivity contribution in [3.63, 3.8) is 0 Å². The Hall–Kier alpha value is -0.540. The van der Waals surface area contributed by atoms with E-state index in [-0.39, 0.29) is 0 Å². The van der Waals surface area contributed by atoms with E-state index in [9.17, 15) is 0 Å². The fourth-order valence-electron chi connectivity index (χ4n) is 2.93. The van der Waals surface area contributed by atoms with Crippen LogP contribution in [0.5, 0.6) is 5.75 Å². The topological polar surface area (TPSA) is 21.3 Å². The first-order valence-corrected chi connectivity index (χ1v) is 8.64. The predicted molar refractivity (Wildman–Crippen MR) is 88.2 cm³/mol. The van der Waals surface area contributed by atoms with Crippen LogP contribution >= 0.6 is 15.9 Å². The van der Waals surface area contributed by atoms with Crippen LogP contribution in [0.1, 0.15) is 51.5 Å². The van der Waals surface area contributed by atoms with Gasteiger partial charge in [0.25, 0.3) is 0 Å². The zero-order valence-electron chi connectivity index (χ0n) is 12.6. The first-order valence-electron chi connectivity index (χ1n) is 7.85. The molecule has 1 fully saturated rings. The molecule has 1 atom stereocenters. The quantitative estimate of drug-likeness (QED) is 0.762. The average Bonchev–Trinajstić information content (AvgIpc) is 2.98. The Morgan fingerprint density at radius 3 is 2.80 bits per heavy atom. The maximum atomic E-state index is 5.84. The number of hydrogen-bond donors (Lipinski definition) is 1. The highest BCUT2D eigenvalue weighted by molar-refractivity contribution is 9.10. The Bertz CT molecular complexity index is 415. The fourth-order valence-corrected chi connectivity index (χ4v) is 3.34. The third-order valence-electron chi connectivity index (χ3n) is 4.21. The molecule has 0 bridgehead atoms. The van der Waals surface area contributed by atoms with Gasteiger partial charge in [0.2, 0.25) is 0 Å². The van der Waals surface area contributed by atoms with Crippen LogP contribution in [0.15, 0.2) is 22.7 Å². The lowest BCUT2D eigenvalue weighted by Crippen LogP contribution is -2.31. The molecule has 0 heterocycles. The zero-order valence-corrected chi connectivity index (χ0v) is 14.2. The lowest BCUT2D eigenvalue weighted by molar-refractivity contribution is 0.310. The molecule has 2 nitrogen and oxygen atoms in total. The van der Waals surface area contributed by atoms with Crippen LogP contribution in [0.2, 0.25) is 0 Å². The molecule has 0 saturated heterocycles. The van der Waals surface area contributed by atoms with Gasteiger partial charge < -0.3 is 10.1 Å². The Balaban J connectivity index is 1.94. The van der Waals surface area contributed by atoms with Crippen LogP contribution in [-0.4, -0.2) is 12.6 Å². The molecule has 0 aromatic heterocycles. The van der Waals surface area contributed by atoms with E-state index in [0.717, 1.165) is 35.7 Å². The number of nitrogens with one attached hydrogen (secondary N) is 1. The molecule has 1 aliphatic carbocycles. The summed E-state index contributed by atoms with van der Waals surface area (Å²) in [5, 5.41) is 3.68. The lowest BCUT2D eigenvalue weighted by Gasteiger charge is -2.21. The van der Waals surface area contributed by atoms with E-state index in [1.54, 1.807) is 0 Å². The highest BCUT2D eigenvalue weighted by Crippen LogP contribution is 2.28. The molecule has 0 aliphatic heterocycles. The van der Waals surface area contributed by atoms with E-state index in [4.69, 9.17) is 4.74 Å². The van der Waals surface area contributed by atoms with Crippen molar-refractivity contribution in [2.45, 2.75) is 58.5 Å². The third kappa shape index (κ3) is 4.49. The molecule has 1 saturated carbocycles. The summed E-state index contributed by atoms with van der Waals surface area (Å²) >= 11 is 3.55. The molecule has 0 spiro atoms. The SMILES string of the molecule is CCCOc1ccc(Br)cc1CNC(C)C1CCCC1.